The summed E-state index contributed by atoms with van der Waals surface area (Å²) >= 11 is 0. The van der Waals surface area contributed by atoms with Crippen LogP contribution >= 0.6 is 0 Å². The van der Waals surface area contributed by atoms with Crippen LogP contribution in [0.5, 0.6) is 0 Å². The molecular formula is C20H19N5O3. The minimum atomic E-state index is -0.775. The number of H-pyrrole nitrogens is 1. The number of nitrogens with one attached hydrogen (secondary N) is 2. The third kappa shape index (κ3) is 3.62. The molecule has 1 unspecified atom stereocenters. The first-order valence-corrected chi connectivity index (χ1v) is 9.08. The number of anilines is 1. The summed E-state index contributed by atoms with van der Waals surface area (Å²) in [7, 11) is 0. The predicted octanol–water partition coefficient (Wildman–Crippen LogP) is 2.07. The lowest BCUT2D eigenvalue weighted by Gasteiger charge is -2.16. The van der Waals surface area contributed by atoms with Gasteiger partial charge >= 0.3 is 0 Å². The Morgan fingerprint density at radius 1 is 1.14 bits per heavy atom. The Labute approximate surface area is 160 Å². The molecular weight excluding hydrogens is 358 g/mol. The maximum absolute atomic E-state index is 12.8. The van der Waals surface area contributed by atoms with Crippen LogP contribution in [0.3, 0.4) is 0 Å². The van der Waals surface area contributed by atoms with E-state index in [-0.39, 0.29) is 17.0 Å². The summed E-state index contributed by atoms with van der Waals surface area (Å²) < 4.78 is 1.23. The first-order valence-electron chi connectivity index (χ1n) is 9.08. The predicted molar refractivity (Wildman–Crippen MR) is 104 cm³/mol. The van der Waals surface area contributed by atoms with Crippen molar-refractivity contribution >= 4 is 11.6 Å². The summed E-state index contributed by atoms with van der Waals surface area (Å²) in [6.07, 6.45) is 2.12. The number of para-hydroxylation sites is 1. The van der Waals surface area contributed by atoms with E-state index < -0.39 is 6.04 Å². The number of benzene rings is 1. The van der Waals surface area contributed by atoms with Crippen LogP contribution < -0.4 is 16.4 Å². The van der Waals surface area contributed by atoms with Crippen molar-refractivity contribution < 1.29 is 4.79 Å². The normalized spacial score (nSPS) is 14.5. The third-order valence-electron chi connectivity index (χ3n) is 4.73. The quantitative estimate of drug-likeness (QED) is 0.707. The van der Waals surface area contributed by atoms with Crippen molar-refractivity contribution in [1.82, 2.24) is 20.0 Å². The van der Waals surface area contributed by atoms with Gasteiger partial charge in [0.25, 0.3) is 11.1 Å². The van der Waals surface area contributed by atoms with E-state index >= 15 is 0 Å². The number of rotatable bonds is 5. The van der Waals surface area contributed by atoms with Gasteiger partial charge in [-0.3, -0.25) is 14.4 Å². The topological polar surface area (TPSA) is 110 Å². The molecule has 2 aromatic heterocycles. The van der Waals surface area contributed by atoms with Crippen LogP contribution in [-0.2, 0) is 4.79 Å². The number of aromatic nitrogens is 4. The summed E-state index contributed by atoms with van der Waals surface area (Å²) in [5.74, 6) is 0.0218. The molecule has 2 N–H and O–H groups in total. The first kappa shape index (κ1) is 17.8. The molecule has 0 bridgehead atoms. The molecule has 1 saturated carbocycles. The molecule has 1 fully saturated rings. The SMILES string of the molecule is CC(C(=O)Nc1ccccc1-c1ccc(=O)[nH]n1)n1nc(C2CC2)ccc1=O. The lowest BCUT2D eigenvalue weighted by Crippen LogP contribution is -2.33. The van der Waals surface area contributed by atoms with E-state index in [1.54, 1.807) is 37.3 Å². The molecule has 8 nitrogen and oxygen atoms in total. The van der Waals surface area contributed by atoms with Crippen LogP contribution in [-0.4, -0.2) is 25.9 Å². The molecule has 3 aromatic rings. The second-order valence-electron chi connectivity index (χ2n) is 6.83. The van der Waals surface area contributed by atoms with Gasteiger partial charge in [-0.1, -0.05) is 18.2 Å². The summed E-state index contributed by atoms with van der Waals surface area (Å²) in [5, 5.41) is 13.6. The molecule has 0 radical (unpaired) electrons. The Kier molecular flexibility index (Phi) is 4.60. The van der Waals surface area contributed by atoms with Gasteiger partial charge in [0, 0.05) is 23.6 Å². The standard InChI is InChI=1S/C20H19N5O3/c1-12(25-19(27)11-9-15(24-25)13-6-7-13)20(28)21-16-5-3-2-4-14(16)17-8-10-18(26)23-22-17/h2-5,8-13H,6-7H2,1H3,(H,21,28)(H,23,26). The smallest absolute Gasteiger partial charge is 0.267 e. The molecule has 1 aromatic carbocycles. The van der Waals surface area contributed by atoms with Gasteiger partial charge in [-0.25, -0.2) is 9.78 Å². The number of amides is 1. The molecule has 1 amide bonds. The molecule has 1 aliphatic rings. The van der Waals surface area contributed by atoms with Crippen molar-refractivity contribution in [2.24, 2.45) is 0 Å². The Balaban J connectivity index is 1.61. The van der Waals surface area contributed by atoms with Gasteiger partial charge in [-0.15, -0.1) is 0 Å². The highest BCUT2D eigenvalue weighted by Crippen LogP contribution is 2.38. The molecule has 0 spiro atoms. The highest BCUT2D eigenvalue weighted by atomic mass is 16.2. The number of carbonyl (C=O) groups excluding carboxylic acids is 1. The second-order valence-corrected chi connectivity index (χ2v) is 6.83. The number of carbonyl (C=O) groups is 1. The molecule has 1 atom stereocenters. The Hall–Kier alpha value is -3.55. The van der Waals surface area contributed by atoms with Crippen LogP contribution in [0.25, 0.3) is 11.3 Å². The highest BCUT2D eigenvalue weighted by molar-refractivity contribution is 5.97. The Morgan fingerprint density at radius 2 is 1.93 bits per heavy atom. The minimum absolute atomic E-state index is 0.306. The Bertz CT molecular complexity index is 1130. The van der Waals surface area contributed by atoms with E-state index in [2.05, 4.69) is 20.6 Å². The van der Waals surface area contributed by atoms with Crippen LogP contribution in [0.2, 0.25) is 0 Å². The molecule has 4 rings (SSSR count). The van der Waals surface area contributed by atoms with Crippen molar-refractivity contribution in [3.05, 3.63) is 74.9 Å². The fourth-order valence-electron chi connectivity index (χ4n) is 2.97. The number of hydrogen-bond donors (Lipinski definition) is 2. The molecule has 28 heavy (non-hydrogen) atoms. The largest absolute Gasteiger partial charge is 0.324 e. The van der Waals surface area contributed by atoms with Gasteiger partial charge in [-0.2, -0.15) is 10.2 Å². The summed E-state index contributed by atoms with van der Waals surface area (Å²) in [6, 6.07) is 12.5. The lowest BCUT2D eigenvalue weighted by molar-refractivity contribution is -0.119. The van der Waals surface area contributed by atoms with Gasteiger partial charge in [0.1, 0.15) is 6.04 Å². The average molecular weight is 377 g/mol. The molecule has 1 aliphatic carbocycles. The van der Waals surface area contributed by atoms with Gasteiger partial charge in [0.15, 0.2) is 0 Å². The summed E-state index contributed by atoms with van der Waals surface area (Å²) in [5.41, 5.74) is 1.94. The maximum atomic E-state index is 12.8. The van der Waals surface area contributed by atoms with Crippen LogP contribution in [0.4, 0.5) is 5.69 Å². The van der Waals surface area contributed by atoms with E-state index in [0.29, 0.717) is 22.9 Å². The molecule has 2 heterocycles. The van der Waals surface area contributed by atoms with Crippen molar-refractivity contribution in [3.8, 4) is 11.3 Å². The molecule has 0 saturated heterocycles. The second kappa shape index (κ2) is 7.22. The zero-order valence-electron chi connectivity index (χ0n) is 15.3. The van der Waals surface area contributed by atoms with Gasteiger partial charge < -0.3 is 5.32 Å². The van der Waals surface area contributed by atoms with Gasteiger partial charge in [0.05, 0.1) is 17.1 Å². The fraction of sp³-hybridized carbons (Fsp3) is 0.250. The minimum Gasteiger partial charge on any atom is -0.324 e. The van der Waals surface area contributed by atoms with Crippen molar-refractivity contribution in [2.45, 2.75) is 31.7 Å². The summed E-state index contributed by atoms with van der Waals surface area (Å²) in [4.78, 5) is 36.3. The van der Waals surface area contributed by atoms with E-state index in [9.17, 15) is 14.4 Å². The van der Waals surface area contributed by atoms with Crippen LogP contribution in [0, 0.1) is 0 Å². The fourth-order valence-corrected chi connectivity index (χ4v) is 2.97. The van der Waals surface area contributed by atoms with Crippen molar-refractivity contribution in [3.63, 3.8) is 0 Å². The molecule has 8 heteroatoms. The monoisotopic (exact) mass is 377 g/mol. The van der Waals surface area contributed by atoms with E-state index in [1.165, 1.54) is 16.8 Å². The molecule has 0 aliphatic heterocycles. The third-order valence-corrected chi connectivity index (χ3v) is 4.73. The van der Waals surface area contributed by atoms with Gasteiger partial charge in [0.2, 0.25) is 5.91 Å². The zero-order valence-corrected chi connectivity index (χ0v) is 15.3. The Morgan fingerprint density at radius 3 is 2.64 bits per heavy atom. The van der Waals surface area contributed by atoms with E-state index in [1.807, 2.05) is 6.07 Å². The summed E-state index contributed by atoms with van der Waals surface area (Å²) in [6.45, 7) is 1.64. The number of aromatic amines is 1. The van der Waals surface area contributed by atoms with E-state index in [4.69, 9.17) is 0 Å². The maximum Gasteiger partial charge on any atom is 0.267 e. The first-order chi connectivity index (χ1) is 13.5. The van der Waals surface area contributed by atoms with Crippen molar-refractivity contribution in [1.29, 1.82) is 0 Å². The van der Waals surface area contributed by atoms with E-state index in [0.717, 1.165) is 18.5 Å². The highest BCUT2D eigenvalue weighted by Gasteiger charge is 2.27. The van der Waals surface area contributed by atoms with Crippen LogP contribution in [0.15, 0.2) is 58.1 Å². The number of nitrogens with zero attached hydrogens (tertiary/aromatic N) is 3. The lowest BCUT2D eigenvalue weighted by atomic mass is 10.1. The zero-order chi connectivity index (χ0) is 19.7. The van der Waals surface area contributed by atoms with Crippen LogP contribution in [0.1, 0.15) is 37.4 Å². The van der Waals surface area contributed by atoms with Crippen molar-refractivity contribution in [2.75, 3.05) is 5.32 Å². The molecule has 142 valence electrons. The average Bonchev–Trinajstić information content (AvgIpc) is 3.54. The number of hydrogen-bond acceptors (Lipinski definition) is 5. The van der Waals surface area contributed by atoms with Gasteiger partial charge in [-0.05, 0) is 38.0 Å².